The molecule has 1 rings (SSSR count). The van der Waals surface area contributed by atoms with Gasteiger partial charge in [0.2, 0.25) is 0 Å². The van der Waals surface area contributed by atoms with E-state index in [2.05, 4.69) is 39.9 Å². The van der Waals surface area contributed by atoms with E-state index in [1.165, 1.54) is 13.0 Å². The summed E-state index contributed by atoms with van der Waals surface area (Å²) in [6, 6.07) is 0. The second kappa shape index (κ2) is 3.37. The molecule has 1 aliphatic heterocycles. The zero-order chi connectivity index (χ0) is 9.35. The van der Waals surface area contributed by atoms with Crippen LogP contribution in [0.25, 0.3) is 0 Å². The molecule has 1 fully saturated rings. The van der Waals surface area contributed by atoms with Crippen molar-refractivity contribution in [3.05, 3.63) is 0 Å². The zero-order valence-corrected chi connectivity index (χ0v) is 9.15. The Labute approximate surface area is 76.9 Å². The summed E-state index contributed by atoms with van der Waals surface area (Å²) in [7, 11) is 0. The Kier molecular flexibility index (Phi) is 2.82. The van der Waals surface area contributed by atoms with Crippen molar-refractivity contribution in [2.45, 2.75) is 46.6 Å². The van der Waals surface area contributed by atoms with Crippen LogP contribution in [0.5, 0.6) is 0 Å². The molecule has 1 nitrogen and oxygen atoms in total. The summed E-state index contributed by atoms with van der Waals surface area (Å²) in [5.74, 6) is 2.52. The largest absolute Gasteiger partial charge is 0.311 e. The maximum Gasteiger partial charge on any atom is 0.0156 e. The van der Waals surface area contributed by atoms with E-state index in [-0.39, 0.29) is 0 Å². The second-order valence-corrected chi connectivity index (χ2v) is 5.15. The van der Waals surface area contributed by atoms with Gasteiger partial charge in [0.25, 0.3) is 0 Å². The standard InChI is InChI=1S/C11H23N/c1-8(2)9(3)10-6-7-12-11(10,4)5/h8-10,12H,6-7H2,1-5H3. The van der Waals surface area contributed by atoms with E-state index in [0.717, 1.165) is 17.8 Å². The van der Waals surface area contributed by atoms with Crippen LogP contribution in [0.3, 0.4) is 0 Å². The van der Waals surface area contributed by atoms with Crippen LogP contribution in [0, 0.1) is 17.8 Å². The Bertz CT molecular complexity index is 149. The highest BCUT2D eigenvalue weighted by Crippen LogP contribution is 2.35. The molecule has 72 valence electrons. The molecule has 0 aromatic rings. The molecule has 1 saturated heterocycles. The minimum absolute atomic E-state index is 0.365. The van der Waals surface area contributed by atoms with Crippen molar-refractivity contribution in [1.82, 2.24) is 5.32 Å². The van der Waals surface area contributed by atoms with Gasteiger partial charge in [-0.05, 0) is 44.6 Å². The van der Waals surface area contributed by atoms with Gasteiger partial charge in [0.15, 0.2) is 0 Å². The summed E-state index contributed by atoms with van der Waals surface area (Å²) in [5, 5.41) is 3.58. The minimum Gasteiger partial charge on any atom is -0.311 e. The molecule has 0 bridgehead atoms. The normalized spacial score (nSPS) is 31.0. The monoisotopic (exact) mass is 169 g/mol. The van der Waals surface area contributed by atoms with Gasteiger partial charge >= 0.3 is 0 Å². The first-order valence-electron chi connectivity index (χ1n) is 5.20. The van der Waals surface area contributed by atoms with Crippen LogP contribution in [0.15, 0.2) is 0 Å². The first-order chi connectivity index (χ1) is 5.45. The first kappa shape index (κ1) is 10.0. The molecule has 0 saturated carbocycles. The highest BCUT2D eigenvalue weighted by atomic mass is 15.0. The van der Waals surface area contributed by atoms with Crippen molar-refractivity contribution in [3.63, 3.8) is 0 Å². The lowest BCUT2D eigenvalue weighted by Gasteiger charge is -2.34. The molecule has 0 aromatic heterocycles. The van der Waals surface area contributed by atoms with Gasteiger partial charge in [-0.1, -0.05) is 20.8 Å². The summed E-state index contributed by atoms with van der Waals surface area (Å²) < 4.78 is 0. The number of rotatable bonds is 2. The second-order valence-electron chi connectivity index (χ2n) is 5.15. The van der Waals surface area contributed by atoms with Gasteiger partial charge in [-0.2, -0.15) is 0 Å². The molecule has 1 aliphatic rings. The smallest absolute Gasteiger partial charge is 0.0156 e. The topological polar surface area (TPSA) is 12.0 Å². The van der Waals surface area contributed by atoms with Crippen molar-refractivity contribution in [3.8, 4) is 0 Å². The van der Waals surface area contributed by atoms with Crippen LogP contribution >= 0.6 is 0 Å². The van der Waals surface area contributed by atoms with Gasteiger partial charge < -0.3 is 5.32 Å². The molecule has 0 spiro atoms. The van der Waals surface area contributed by atoms with Gasteiger partial charge in [-0.25, -0.2) is 0 Å². The summed E-state index contributed by atoms with van der Waals surface area (Å²) in [4.78, 5) is 0. The van der Waals surface area contributed by atoms with Crippen molar-refractivity contribution >= 4 is 0 Å². The third kappa shape index (κ3) is 1.82. The fourth-order valence-electron chi connectivity index (χ4n) is 2.43. The third-order valence-corrected chi connectivity index (χ3v) is 3.65. The molecule has 1 heteroatoms. The number of hydrogen-bond donors (Lipinski definition) is 1. The van der Waals surface area contributed by atoms with Crippen molar-refractivity contribution in [2.75, 3.05) is 6.54 Å². The van der Waals surface area contributed by atoms with Crippen LogP contribution in [0.2, 0.25) is 0 Å². The third-order valence-electron chi connectivity index (χ3n) is 3.65. The Morgan fingerprint density at radius 2 is 1.83 bits per heavy atom. The zero-order valence-electron chi connectivity index (χ0n) is 9.15. The maximum absolute atomic E-state index is 3.58. The minimum atomic E-state index is 0.365. The van der Waals surface area contributed by atoms with E-state index >= 15 is 0 Å². The molecule has 1 heterocycles. The van der Waals surface area contributed by atoms with Gasteiger partial charge in [0.05, 0.1) is 0 Å². The average molecular weight is 169 g/mol. The average Bonchev–Trinajstić information content (AvgIpc) is 2.27. The predicted molar refractivity (Wildman–Crippen MR) is 54.2 cm³/mol. The van der Waals surface area contributed by atoms with Crippen LogP contribution < -0.4 is 5.32 Å². The molecular formula is C11H23N. The highest BCUT2D eigenvalue weighted by molar-refractivity contribution is 4.94. The van der Waals surface area contributed by atoms with E-state index in [1.54, 1.807) is 0 Å². The van der Waals surface area contributed by atoms with Crippen LogP contribution in [0.1, 0.15) is 41.0 Å². The Balaban J connectivity index is 2.62. The fourth-order valence-corrected chi connectivity index (χ4v) is 2.43. The summed E-state index contributed by atoms with van der Waals surface area (Å²) in [5.41, 5.74) is 0.365. The Morgan fingerprint density at radius 3 is 2.17 bits per heavy atom. The van der Waals surface area contributed by atoms with Gasteiger partial charge in [0.1, 0.15) is 0 Å². The van der Waals surface area contributed by atoms with Gasteiger partial charge in [0, 0.05) is 5.54 Å². The molecule has 0 amide bonds. The first-order valence-corrected chi connectivity index (χ1v) is 5.20. The predicted octanol–water partition coefficient (Wildman–Crippen LogP) is 2.67. The van der Waals surface area contributed by atoms with Crippen molar-refractivity contribution in [1.29, 1.82) is 0 Å². The van der Waals surface area contributed by atoms with E-state index < -0.39 is 0 Å². The van der Waals surface area contributed by atoms with Crippen molar-refractivity contribution < 1.29 is 0 Å². The molecule has 0 aromatic carbocycles. The number of nitrogens with one attached hydrogen (secondary N) is 1. The van der Waals surface area contributed by atoms with Crippen LogP contribution in [-0.4, -0.2) is 12.1 Å². The molecular weight excluding hydrogens is 146 g/mol. The van der Waals surface area contributed by atoms with Gasteiger partial charge in [-0.3, -0.25) is 0 Å². The quantitative estimate of drug-likeness (QED) is 0.670. The lowest BCUT2D eigenvalue weighted by atomic mass is 9.75. The molecule has 2 atom stereocenters. The van der Waals surface area contributed by atoms with E-state index in [1.807, 2.05) is 0 Å². The lowest BCUT2D eigenvalue weighted by Crippen LogP contribution is -2.41. The van der Waals surface area contributed by atoms with E-state index in [4.69, 9.17) is 0 Å². The summed E-state index contributed by atoms with van der Waals surface area (Å²) in [6.45, 7) is 12.9. The SMILES string of the molecule is CC(C)C(C)C1CCNC1(C)C. The van der Waals surface area contributed by atoms with Crippen LogP contribution in [-0.2, 0) is 0 Å². The molecule has 1 N–H and O–H groups in total. The Morgan fingerprint density at radius 1 is 1.25 bits per heavy atom. The number of hydrogen-bond acceptors (Lipinski definition) is 1. The molecule has 0 aliphatic carbocycles. The van der Waals surface area contributed by atoms with Gasteiger partial charge in [-0.15, -0.1) is 0 Å². The van der Waals surface area contributed by atoms with Crippen LogP contribution in [0.4, 0.5) is 0 Å². The summed E-state index contributed by atoms with van der Waals surface area (Å²) >= 11 is 0. The lowest BCUT2D eigenvalue weighted by molar-refractivity contribution is 0.200. The molecule has 12 heavy (non-hydrogen) atoms. The molecule has 0 radical (unpaired) electrons. The fraction of sp³-hybridized carbons (Fsp3) is 1.00. The molecule has 2 unspecified atom stereocenters. The Hall–Kier alpha value is -0.0400. The highest BCUT2D eigenvalue weighted by Gasteiger charge is 2.38. The van der Waals surface area contributed by atoms with E-state index in [9.17, 15) is 0 Å². The summed E-state index contributed by atoms with van der Waals surface area (Å²) in [6.07, 6.45) is 1.35. The van der Waals surface area contributed by atoms with Crippen molar-refractivity contribution in [2.24, 2.45) is 17.8 Å². The maximum atomic E-state index is 3.58. The van der Waals surface area contributed by atoms with E-state index in [0.29, 0.717) is 5.54 Å².